The van der Waals surface area contributed by atoms with Crippen molar-refractivity contribution < 1.29 is 9.84 Å². The summed E-state index contributed by atoms with van der Waals surface area (Å²) in [5.41, 5.74) is -0.509. The van der Waals surface area contributed by atoms with E-state index < -0.39 is 5.60 Å². The Hall–Kier alpha value is -0.160. The van der Waals surface area contributed by atoms with Gasteiger partial charge in [-0.05, 0) is 40.2 Å². The lowest BCUT2D eigenvalue weighted by molar-refractivity contribution is -0.0732. The third-order valence-corrected chi connectivity index (χ3v) is 4.12. The SMILES string of the molecule is CC(C)N1CCOC(CN2CCCC(C)(O)C2)C1. The van der Waals surface area contributed by atoms with Gasteiger partial charge in [-0.3, -0.25) is 9.80 Å². The molecular formula is C14H28N2O2. The van der Waals surface area contributed by atoms with Crippen LogP contribution in [0.3, 0.4) is 0 Å². The molecule has 2 heterocycles. The summed E-state index contributed by atoms with van der Waals surface area (Å²) in [6, 6.07) is 0.598. The minimum atomic E-state index is -0.509. The van der Waals surface area contributed by atoms with Gasteiger partial charge in [0.2, 0.25) is 0 Å². The summed E-state index contributed by atoms with van der Waals surface area (Å²) in [6.45, 7) is 12.2. The topological polar surface area (TPSA) is 35.9 Å². The van der Waals surface area contributed by atoms with E-state index >= 15 is 0 Å². The average Bonchev–Trinajstić information content (AvgIpc) is 2.28. The van der Waals surface area contributed by atoms with Crippen LogP contribution in [-0.4, -0.2) is 72.0 Å². The molecule has 0 amide bonds. The highest BCUT2D eigenvalue weighted by Gasteiger charge is 2.31. The fourth-order valence-corrected chi connectivity index (χ4v) is 3.09. The van der Waals surface area contributed by atoms with Crippen LogP contribution in [0.15, 0.2) is 0 Å². The molecule has 0 aliphatic carbocycles. The summed E-state index contributed by atoms with van der Waals surface area (Å²) in [7, 11) is 0. The van der Waals surface area contributed by atoms with Crippen LogP contribution in [0.2, 0.25) is 0 Å². The van der Waals surface area contributed by atoms with E-state index in [0.29, 0.717) is 12.1 Å². The molecule has 18 heavy (non-hydrogen) atoms. The number of ether oxygens (including phenoxy) is 1. The number of nitrogens with zero attached hydrogens (tertiary/aromatic N) is 2. The minimum absolute atomic E-state index is 0.301. The van der Waals surface area contributed by atoms with Crippen LogP contribution < -0.4 is 0 Å². The number of hydrogen-bond donors (Lipinski definition) is 1. The number of piperidine rings is 1. The molecule has 0 radical (unpaired) electrons. The fraction of sp³-hybridized carbons (Fsp3) is 1.00. The van der Waals surface area contributed by atoms with Crippen molar-refractivity contribution in [3.63, 3.8) is 0 Å². The van der Waals surface area contributed by atoms with Crippen molar-refractivity contribution in [1.29, 1.82) is 0 Å². The monoisotopic (exact) mass is 256 g/mol. The first kappa shape index (κ1) is 14.3. The Morgan fingerprint density at radius 1 is 1.39 bits per heavy atom. The molecule has 2 unspecified atom stereocenters. The van der Waals surface area contributed by atoms with Gasteiger partial charge < -0.3 is 9.84 Å². The first-order valence-corrected chi connectivity index (χ1v) is 7.27. The van der Waals surface area contributed by atoms with E-state index in [1.165, 1.54) is 0 Å². The molecule has 2 rings (SSSR count). The maximum Gasteiger partial charge on any atom is 0.0829 e. The molecule has 4 heteroatoms. The normalized spacial score (nSPS) is 36.2. The van der Waals surface area contributed by atoms with Gasteiger partial charge in [-0.1, -0.05) is 0 Å². The molecule has 2 atom stereocenters. The van der Waals surface area contributed by atoms with Gasteiger partial charge in [-0.25, -0.2) is 0 Å². The summed E-state index contributed by atoms with van der Waals surface area (Å²) < 4.78 is 5.86. The van der Waals surface area contributed by atoms with Crippen molar-refractivity contribution in [2.45, 2.75) is 51.4 Å². The van der Waals surface area contributed by atoms with E-state index in [1.807, 2.05) is 6.92 Å². The molecule has 0 saturated carbocycles. The Balaban J connectivity index is 1.82. The highest BCUT2D eigenvalue weighted by molar-refractivity contribution is 4.85. The first-order chi connectivity index (χ1) is 8.46. The Kier molecular flexibility index (Phi) is 4.64. The second-order valence-electron chi connectivity index (χ2n) is 6.42. The second kappa shape index (κ2) is 5.87. The van der Waals surface area contributed by atoms with Crippen LogP contribution in [0.5, 0.6) is 0 Å². The van der Waals surface area contributed by atoms with E-state index in [0.717, 1.165) is 52.2 Å². The predicted molar refractivity (Wildman–Crippen MR) is 72.7 cm³/mol. The summed E-state index contributed by atoms with van der Waals surface area (Å²) in [5, 5.41) is 10.1. The summed E-state index contributed by atoms with van der Waals surface area (Å²) in [5.74, 6) is 0. The van der Waals surface area contributed by atoms with Crippen LogP contribution in [-0.2, 0) is 4.74 Å². The van der Waals surface area contributed by atoms with Gasteiger partial charge in [0.15, 0.2) is 0 Å². The second-order valence-corrected chi connectivity index (χ2v) is 6.42. The van der Waals surface area contributed by atoms with Crippen molar-refractivity contribution in [2.75, 3.05) is 39.3 Å². The molecule has 1 N–H and O–H groups in total. The van der Waals surface area contributed by atoms with E-state index in [-0.39, 0.29) is 0 Å². The molecule has 2 aliphatic heterocycles. The van der Waals surface area contributed by atoms with Crippen LogP contribution >= 0.6 is 0 Å². The zero-order chi connectivity index (χ0) is 13.2. The van der Waals surface area contributed by atoms with Gasteiger partial charge in [-0.2, -0.15) is 0 Å². The maximum atomic E-state index is 10.1. The summed E-state index contributed by atoms with van der Waals surface area (Å²) in [4.78, 5) is 4.84. The smallest absolute Gasteiger partial charge is 0.0829 e. The molecule has 2 fully saturated rings. The van der Waals surface area contributed by atoms with E-state index in [4.69, 9.17) is 4.74 Å². The predicted octanol–water partition coefficient (Wildman–Crippen LogP) is 0.942. The van der Waals surface area contributed by atoms with Gasteiger partial charge in [0.1, 0.15) is 0 Å². The van der Waals surface area contributed by atoms with E-state index in [2.05, 4.69) is 23.6 Å². The van der Waals surface area contributed by atoms with Crippen molar-refractivity contribution in [2.24, 2.45) is 0 Å². The molecular weight excluding hydrogens is 228 g/mol. The van der Waals surface area contributed by atoms with Gasteiger partial charge >= 0.3 is 0 Å². The lowest BCUT2D eigenvalue weighted by Gasteiger charge is -2.41. The third-order valence-electron chi connectivity index (χ3n) is 4.12. The van der Waals surface area contributed by atoms with Gasteiger partial charge in [0.05, 0.1) is 18.3 Å². The van der Waals surface area contributed by atoms with E-state index in [1.54, 1.807) is 0 Å². The lowest BCUT2D eigenvalue weighted by atomic mass is 9.95. The number of morpholine rings is 1. The molecule has 106 valence electrons. The van der Waals surface area contributed by atoms with Crippen molar-refractivity contribution in [1.82, 2.24) is 9.80 Å². The van der Waals surface area contributed by atoms with Gasteiger partial charge in [-0.15, -0.1) is 0 Å². The van der Waals surface area contributed by atoms with Gasteiger partial charge in [0.25, 0.3) is 0 Å². The molecule has 0 spiro atoms. The van der Waals surface area contributed by atoms with Crippen LogP contribution in [0.4, 0.5) is 0 Å². The minimum Gasteiger partial charge on any atom is -0.389 e. The highest BCUT2D eigenvalue weighted by Crippen LogP contribution is 2.21. The molecule has 0 aromatic rings. The quantitative estimate of drug-likeness (QED) is 0.815. The number of aliphatic hydroxyl groups is 1. The lowest BCUT2D eigenvalue weighted by Crippen LogP contribution is -2.53. The summed E-state index contributed by atoms with van der Waals surface area (Å²) in [6.07, 6.45) is 2.32. The number of likely N-dealkylation sites (tertiary alicyclic amines) is 1. The average molecular weight is 256 g/mol. The highest BCUT2D eigenvalue weighted by atomic mass is 16.5. The Morgan fingerprint density at radius 3 is 2.83 bits per heavy atom. The van der Waals surface area contributed by atoms with Crippen molar-refractivity contribution >= 4 is 0 Å². The molecule has 2 aliphatic rings. The molecule has 2 saturated heterocycles. The van der Waals surface area contributed by atoms with Crippen LogP contribution in [0, 0.1) is 0 Å². The number of β-amino-alcohol motifs (C(OH)–C–C–N with tert-alkyl or cyclic N) is 1. The fourth-order valence-electron chi connectivity index (χ4n) is 3.09. The number of hydrogen-bond acceptors (Lipinski definition) is 4. The largest absolute Gasteiger partial charge is 0.389 e. The van der Waals surface area contributed by atoms with Crippen molar-refractivity contribution in [3.05, 3.63) is 0 Å². The standard InChI is InChI=1S/C14H28N2O2/c1-12(2)16-7-8-18-13(10-16)9-15-6-4-5-14(3,17)11-15/h12-13,17H,4-11H2,1-3H3. The molecule has 0 aromatic carbocycles. The number of rotatable bonds is 3. The first-order valence-electron chi connectivity index (χ1n) is 7.27. The molecule has 0 bridgehead atoms. The maximum absolute atomic E-state index is 10.1. The zero-order valence-corrected chi connectivity index (χ0v) is 12.1. The molecule has 4 nitrogen and oxygen atoms in total. The Morgan fingerprint density at radius 2 is 2.17 bits per heavy atom. The summed E-state index contributed by atoms with van der Waals surface area (Å²) >= 11 is 0. The van der Waals surface area contributed by atoms with Crippen molar-refractivity contribution in [3.8, 4) is 0 Å². The Labute approximate surface area is 111 Å². The van der Waals surface area contributed by atoms with Crippen LogP contribution in [0.1, 0.15) is 33.6 Å². The molecule has 0 aromatic heterocycles. The van der Waals surface area contributed by atoms with Gasteiger partial charge in [0, 0.05) is 32.2 Å². The third kappa shape index (κ3) is 3.92. The Bertz CT molecular complexity index is 269. The van der Waals surface area contributed by atoms with E-state index in [9.17, 15) is 5.11 Å². The van der Waals surface area contributed by atoms with Crippen LogP contribution in [0.25, 0.3) is 0 Å². The zero-order valence-electron chi connectivity index (χ0n) is 12.1.